The number of aryl methyl sites for hydroxylation is 1. The molecule has 0 radical (unpaired) electrons. The summed E-state index contributed by atoms with van der Waals surface area (Å²) in [5.41, 5.74) is 1.27. The maximum absolute atomic E-state index is 6.22. The van der Waals surface area contributed by atoms with Crippen molar-refractivity contribution in [3.63, 3.8) is 0 Å². The van der Waals surface area contributed by atoms with Crippen molar-refractivity contribution >= 4 is 0 Å². The van der Waals surface area contributed by atoms with Crippen molar-refractivity contribution in [3.8, 4) is 11.5 Å². The molecule has 0 aliphatic carbocycles. The molecule has 0 amide bonds. The van der Waals surface area contributed by atoms with Crippen molar-refractivity contribution < 1.29 is 9.47 Å². The quantitative estimate of drug-likeness (QED) is 0.784. The topological polar surface area (TPSA) is 21.7 Å². The third kappa shape index (κ3) is 3.21. The average molecular weight is 263 g/mol. The average Bonchev–Trinajstić information content (AvgIpc) is 2.46. The third-order valence-electron chi connectivity index (χ3n) is 3.62. The van der Waals surface area contributed by atoms with Gasteiger partial charge in [0, 0.05) is 19.5 Å². The molecule has 0 saturated carbocycles. The predicted molar refractivity (Wildman–Crippen MR) is 77.9 cm³/mol. The molecule has 1 unspecified atom stereocenters. The highest BCUT2D eigenvalue weighted by Gasteiger charge is 2.26. The van der Waals surface area contributed by atoms with Gasteiger partial charge in [0.2, 0.25) is 0 Å². The number of para-hydroxylation sites is 1. The monoisotopic (exact) mass is 263 g/mol. The van der Waals surface area contributed by atoms with E-state index in [0.717, 1.165) is 37.4 Å². The van der Waals surface area contributed by atoms with Crippen LogP contribution >= 0.6 is 0 Å². The first-order chi connectivity index (χ1) is 9.30. The highest BCUT2D eigenvalue weighted by molar-refractivity contribution is 5.47. The summed E-state index contributed by atoms with van der Waals surface area (Å²) in [6.07, 6.45) is 4.67. The highest BCUT2D eigenvalue weighted by atomic mass is 16.5. The van der Waals surface area contributed by atoms with Crippen molar-refractivity contribution in [2.45, 2.75) is 45.8 Å². The number of ether oxygens (including phenoxy) is 2. The minimum Gasteiger partial charge on any atom is -0.493 e. The lowest BCUT2D eigenvalue weighted by atomic mass is 10.0. The molecule has 0 N–H and O–H groups in total. The zero-order valence-electron chi connectivity index (χ0n) is 12.3. The fourth-order valence-corrected chi connectivity index (χ4v) is 2.76. The Morgan fingerprint density at radius 2 is 2.00 bits per heavy atom. The van der Waals surface area contributed by atoms with Crippen LogP contribution in [0.1, 0.15) is 38.7 Å². The van der Waals surface area contributed by atoms with Gasteiger partial charge in [-0.3, -0.25) is 4.90 Å². The molecule has 0 aromatic heterocycles. The van der Waals surface area contributed by atoms with Crippen LogP contribution in [0, 0.1) is 0 Å². The van der Waals surface area contributed by atoms with Gasteiger partial charge in [0.05, 0.1) is 7.11 Å². The van der Waals surface area contributed by atoms with E-state index in [4.69, 9.17) is 9.47 Å². The number of benzene rings is 1. The summed E-state index contributed by atoms with van der Waals surface area (Å²) in [5.74, 6) is 1.80. The molecule has 1 aromatic carbocycles. The lowest BCUT2D eigenvalue weighted by Crippen LogP contribution is -2.42. The van der Waals surface area contributed by atoms with Gasteiger partial charge in [0.15, 0.2) is 17.7 Å². The molecule has 2 rings (SSSR count). The molecule has 1 atom stereocenters. The Balaban J connectivity index is 2.15. The van der Waals surface area contributed by atoms with Crippen LogP contribution in [0.3, 0.4) is 0 Å². The van der Waals surface area contributed by atoms with Gasteiger partial charge < -0.3 is 9.47 Å². The Morgan fingerprint density at radius 3 is 2.63 bits per heavy atom. The van der Waals surface area contributed by atoms with Crippen LogP contribution in [-0.4, -0.2) is 31.3 Å². The predicted octanol–water partition coefficient (Wildman–Crippen LogP) is 3.47. The number of hydrogen-bond acceptors (Lipinski definition) is 3. The molecule has 3 nitrogen and oxygen atoms in total. The Hall–Kier alpha value is -1.22. The fraction of sp³-hybridized carbons (Fsp3) is 0.625. The van der Waals surface area contributed by atoms with Crippen molar-refractivity contribution in [1.82, 2.24) is 4.90 Å². The number of nitrogens with zero attached hydrogens (tertiary/aromatic N) is 1. The summed E-state index contributed by atoms with van der Waals surface area (Å²) in [7, 11) is 1.71. The van der Waals surface area contributed by atoms with E-state index in [9.17, 15) is 0 Å². The molecule has 1 heterocycles. The molecule has 0 fully saturated rings. The summed E-state index contributed by atoms with van der Waals surface area (Å²) in [6.45, 7) is 6.64. The van der Waals surface area contributed by atoms with Gasteiger partial charge in [-0.1, -0.05) is 26.0 Å². The molecule has 106 valence electrons. The van der Waals surface area contributed by atoms with Crippen LogP contribution in [0.4, 0.5) is 0 Å². The summed E-state index contributed by atoms with van der Waals surface area (Å²) in [4.78, 5) is 2.45. The van der Waals surface area contributed by atoms with Gasteiger partial charge in [-0.25, -0.2) is 0 Å². The second-order valence-electron chi connectivity index (χ2n) is 5.10. The first-order valence-electron chi connectivity index (χ1n) is 7.36. The van der Waals surface area contributed by atoms with Crippen molar-refractivity contribution in [2.75, 3.05) is 20.2 Å². The molecule has 0 bridgehead atoms. The lowest BCUT2D eigenvalue weighted by Gasteiger charge is -2.35. The zero-order valence-corrected chi connectivity index (χ0v) is 12.3. The summed E-state index contributed by atoms with van der Waals surface area (Å²) >= 11 is 0. The molecule has 19 heavy (non-hydrogen) atoms. The highest BCUT2D eigenvalue weighted by Crippen LogP contribution is 2.37. The zero-order chi connectivity index (χ0) is 13.7. The van der Waals surface area contributed by atoms with E-state index < -0.39 is 0 Å². The standard InChI is InChI=1S/C16H25NO2/c1-4-11-17(12-5-2)15-10-9-13-7-6-8-14(18-3)16(13)19-15/h6-8,15H,4-5,9-12H2,1-3H3. The van der Waals surface area contributed by atoms with Gasteiger partial charge in [-0.2, -0.15) is 0 Å². The summed E-state index contributed by atoms with van der Waals surface area (Å²) in [6, 6.07) is 6.15. The second kappa shape index (κ2) is 6.80. The van der Waals surface area contributed by atoms with Crippen molar-refractivity contribution in [3.05, 3.63) is 23.8 Å². The van der Waals surface area contributed by atoms with Gasteiger partial charge in [0.25, 0.3) is 0 Å². The molecule has 1 aliphatic heterocycles. The van der Waals surface area contributed by atoms with Gasteiger partial charge in [-0.15, -0.1) is 0 Å². The van der Waals surface area contributed by atoms with E-state index >= 15 is 0 Å². The molecule has 1 aromatic rings. The Labute approximate surface area is 116 Å². The van der Waals surface area contributed by atoms with E-state index in [-0.39, 0.29) is 6.23 Å². The SMILES string of the molecule is CCCN(CCC)C1CCc2cccc(OC)c2O1. The summed E-state index contributed by atoms with van der Waals surface area (Å²) in [5, 5.41) is 0. The van der Waals surface area contributed by atoms with Crippen LogP contribution in [0.5, 0.6) is 11.5 Å². The lowest BCUT2D eigenvalue weighted by molar-refractivity contribution is 0.00758. The largest absolute Gasteiger partial charge is 0.493 e. The van der Waals surface area contributed by atoms with Crippen LogP contribution in [0.25, 0.3) is 0 Å². The van der Waals surface area contributed by atoms with Gasteiger partial charge in [0.1, 0.15) is 0 Å². The molecule has 0 spiro atoms. The number of methoxy groups -OCH3 is 1. The smallest absolute Gasteiger partial charge is 0.166 e. The van der Waals surface area contributed by atoms with E-state index in [1.807, 2.05) is 12.1 Å². The second-order valence-corrected chi connectivity index (χ2v) is 5.10. The van der Waals surface area contributed by atoms with E-state index in [0.29, 0.717) is 0 Å². The van der Waals surface area contributed by atoms with Crippen molar-refractivity contribution in [1.29, 1.82) is 0 Å². The molecule has 0 saturated heterocycles. The van der Waals surface area contributed by atoms with Crippen LogP contribution in [-0.2, 0) is 6.42 Å². The van der Waals surface area contributed by atoms with Crippen LogP contribution < -0.4 is 9.47 Å². The minimum atomic E-state index is 0.198. The molecule has 3 heteroatoms. The maximum Gasteiger partial charge on any atom is 0.166 e. The Bertz CT molecular complexity index is 385. The Morgan fingerprint density at radius 1 is 1.26 bits per heavy atom. The van der Waals surface area contributed by atoms with Gasteiger partial charge >= 0.3 is 0 Å². The minimum absolute atomic E-state index is 0.198. The maximum atomic E-state index is 6.22. The number of hydrogen-bond donors (Lipinski definition) is 0. The fourth-order valence-electron chi connectivity index (χ4n) is 2.76. The van der Waals surface area contributed by atoms with Gasteiger partial charge in [-0.05, 0) is 30.9 Å². The Kier molecular flexibility index (Phi) is 5.08. The van der Waals surface area contributed by atoms with E-state index in [2.05, 4.69) is 24.8 Å². The van der Waals surface area contributed by atoms with Crippen molar-refractivity contribution in [2.24, 2.45) is 0 Å². The van der Waals surface area contributed by atoms with Crippen LogP contribution in [0.2, 0.25) is 0 Å². The first-order valence-corrected chi connectivity index (χ1v) is 7.36. The molecule has 1 aliphatic rings. The van der Waals surface area contributed by atoms with E-state index in [1.54, 1.807) is 7.11 Å². The number of rotatable bonds is 6. The molecular weight excluding hydrogens is 238 g/mol. The molecular formula is C16H25NO2. The third-order valence-corrected chi connectivity index (χ3v) is 3.62. The first kappa shape index (κ1) is 14.2. The van der Waals surface area contributed by atoms with Crippen LogP contribution in [0.15, 0.2) is 18.2 Å². The van der Waals surface area contributed by atoms with E-state index in [1.165, 1.54) is 18.4 Å². The number of fused-ring (bicyclic) bond motifs is 1. The summed E-state index contributed by atoms with van der Waals surface area (Å²) < 4.78 is 11.6. The normalized spacial score (nSPS) is 18.0.